The van der Waals surface area contributed by atoms with Gasteiger partial charge in [-0.15, -0.1) is 0 Å². The molecule has 120 valence electrons. The van der Waals surface area contributed by atoms with Crippen LogP contribution in [0.3, 0.4) is 0 Å². The van der Waals surface area contributed by atoms with Gasteiger partial charge < -0.3 is 20.7 Å². The summed E-state index contributed by atoms with van der Waals surface area (Å²) in [5.41, 5.74) is 0. The molecule has 3 N–H and O–H groups in total. The van der Waals surface area contributed by atoms with Gasteiger partial charge in [-0.3, -0.25) is 4.79 Å². The lowest BCUT2D eigenvalue weighted by atomic mass is 10.3. The monoisotopic (exact) mass is 318 g/mol. The minimum atomic E-state index is -0.611. The van der Waals surface area contributed by atoms with Gasteiger partial charge in [0.05, 0.1) is 6.20 Å². The van der Waals surface area contributed by atoms with Gasteiger partial charge in [0.15, 0.2) is 29.3 Å². The Hall–Kier alpha value is -2.97. The van der Waals surface area contributed by atoms with Crippen LogP contribution >= 0.6 is 0 Å². The Balaban J connectivity index is 1.85. The van der Waals surface area contributed by atoms with Crippen molar-refractivity contribution in [1.82, 2.24) is 15.0 Å². The molecule has 0 saturated carbocycles. The second-order valence-corrected chi connectivity index (χ2v) is 4.84. The molecule has 9 heteroatoms. The molecule has 3 rings (SSSR count). The summed E-state index contributed by atoms with van der Waals surface area (Å²) in [4.78, 5) is 23.7. The zero-order valence-electron chi connectivity index (χ0n) is 12.6. The summed E-state index contributed by atoms with van der Waals surface area (Å²) < 4.78 is 19.2. The van der Waals surface area contributed by atoms with Gasteiger partial charge in [-0.05, 0) is 26.0 Å². The molecule has 0 saturated heterocycles. The molecule has 0 bridgehead atoms. The van der Waals surface area contributed by atoms with E-state index in [0.29, 0.717) is 24.1 Å². The SMILES string of the molecule is CCNc1ncc(F)c(Nc2ccc3c(n2)NC(=O)C(C)O3)n1. The molecule has 8 nitrogen and oxygen atoms in total. The van der Waals surface area contributed by atoms with Crippen LogP contribution in [-0.4, -0.2) is 33.5 Å². The van der Waals surface area contributed by atoms with Crippen molar-refractivity contribution in [3.05, 3.63) is 24.1 Å². The number of halogens is 1. The van der Waals surface area contributed by atoms with Crippen molar-refractivity contribution in [3.8, 4) is 5.75 Å². The highest BCUT2D eigenvalue weighted by Gasteiger charge is 2.24. The van der Waals surface area contributed by atoms with E-state index in [1.54, 1.807) is 19.1 Å². The van der Waals surface area contributed by atoms with Crippen LogP contribution in [0.1, 0.15) is 13.8 Å². The van der Waals surface area contributed by atoms with Crippen molar-refractivity contribution < 1.29 is 13.9 Å². The Kier molecular flexibility index (Phi) is 3.92. The van der Waals surface area contributed by atoms with Crippen LogP contribution in [0.2, 0.25) is 0 Å². The number of nitrogens with one attached hydrogen (secondary N) is 3. The molecule has 0 spiro atoms. The number of anilines is 4. The Morgan fingerprint density at radius 2 is 2.22 bits per heavy atom. The largest absolute Gasteiger partial charge is 0.477 e. The number of nitrogens with zero attached hydrogens (tertiary/aromatic N) is 3. The van der Waals surface area contributed by atoms with Gasteiger partial charge in [0.1, 0.15) is 5.82 Å². The third-order valence-corrected chi connectivity index (χ3v) is 3.10. The van der Waals surface area contributed by atoms with E-state index in [4.69, 9.17) is 4.74 Å². The number of ether oxygens (including phenoxy) is 1. The second-order valence-electron chi connectivity index (χ2n) is 4.84. The Bertz CT molecular complexity index is 754. The van der Waals surface area contributed by atoms with E-state index in [1.165, 1.54) is 0 Å². The van der Waals surface area contributed by atoms with Gasteiger partial charge in [-0.25, -0.2) is 14.4 Å². The number of carbonyl (C=O) groups is 1. The normalized spacial score (nSPS) is 16.1. The molecule has 2 aromatic heterocycles. The maximum Gasteiger partial charge on any atom is 0.266 e. The van der Waals surface area contributed by atoms with Crippen molar-refractivity contribution in [2.75, 3.05) is 22.5 Å². The number of fused-ring (bicyclic) bond motifs is 1. The molecule has 3 heterocycles. The molecule has 23 heavy (non-hydrogen) atoms. The minimum Gasteiger partial charge on any atom is -0.477 e. The van der Waals surface area contributed by atoms with Crippen molar-refractivity contribution in [2.45, 2.75) is 20.0 Å². The van der Waals surface area contributed by atoms with Gasteiger partial charge in [-0.1, -0.05) is 0 Å². The van der Waals surface area contributed by atoms with Crippen molar-refractivity contribution >= 4 is 29.3 Å². The lowest BCUT2D eigenvalue weighted by molar-refractivity contribution is -0.122. The van der Waals surface area contributed by atoms with Gasteiger partial charge in [-0.2, -0.15) is 4.98 Å². The van der Waals surface area contributed by atoms with Gasteiger partial charge >= 0.3 is 0 Å². The van der Waals surface area contributed by atoms with Crippen LogP contribution in [-0.2, 0) is 4.79 Å². The quantitative estimate of drug-likeness (QED) is 0.791. The molecule has 0 fully saturated rings. The lowest BCUT2D eigenvalue weighted by Gasteiger charge is -2.22. The van der Waals surface area contributed by atoms with Crippen molar-refractivity contribution in [3.63, 3.8) is 0 Å². The molecule has 1 unspecified atom stereocenters. The summed E-state index contributed by atoms with van der Waals surface area (Å²) >= 11 is 0. The number of hydrogen-bond acceptors (Lipinski definition) is 7. The summed E-state index contributed by atoms with van der Waals surface area (Å²) in [6.07, 6.45) is 0.489. The Morgan fingerprint density at radius 3 is 3.00 bits per heavy atom. The maximum atomic E-state index is 13.8. The maximum absolute atomic E-state index is 13.8. The molecule has 2 aromatic rings. The van der Waals surface area contributed by atoms with Gasteiger partial charge in [0.2, 0.25) is 5.95 Å². The predicted octanol–water partition coefficient (Wildman–Crippen LogP) is 1.91. The van der Waals surface area contributed by atoms with Crippen LogP contribution < -0.4 is 20.7 Å². The van der Waals surface area contributed by atoms with Crippen molar-refractivity contribution in [1.29, 1.82) is 0 Å². The summed E-state index contributed by atoms with van der Waals surface area (Å²) in [5, 5.41) is 8.29. The summed E-state index contributed by atoms with van der Waals surface area (Å²) in [6.45, 7) is 4.14. The van der Waals surface area contributed by atoms with Crippen LogP contribution in [0.4, 0.5) is 27.8 Å². The first-order chi connectivity index (χ1) is 11.1. The average Bonchev–Trinajstić information content (AvgIpc) is 2.52. The first-order valence-electron chi connectivity index (χ1n) is 7.09. The van der Waals surface area contributed by atoms with E-state index in [-0.39, 0.29) is 17.5 Å². The average molecular weight is 318 g/mol. The van der Waals surface area contributed by atoms with E-state index < -0.39 is 11.9 Å². The molecule has 0 aromatic carbocycles. The number of rotatable bonds is 4. The van der Waals surface area contributed by atoms with Crippen LogP contribution in [0.5, 0.6) is 5.75 Å². The molecule has 0 aliphatic carbocycles. The van der Waals surface area contributed by atoms with Crippen LogP contribution in [0, 0.1) is 5.82 Å². The first kappa shape index (κ1) is 14.9. The zero-order valence-corrected chi connectivity index (χ0v) is 12.6. The molecular weight excluding hydrogens is 303 g/mol. The smallest absolute Gasteiger partial charge is 0.266 e. The summed E-state index contributed by atoms with van der Waals surface area (Å²) in [6, 6.07) is 3.25. The Labute approximate surface area is 131 Å². The van der Waals surface area contributed by atoms with E-state index in [9.17, 15) is 9.18 Å². The van der Waals surface area contributed by atoms with Crippen LogP contribution in [0.15, 0.2) is 18.3 Å². The lowest BCUT2D eigenvalue weighted by Crippen LogP contribution is -2.34. The van der Waals surface area contributed by atoms with Crippen LogP contribution in [0.25, 0.3) is 0 Å². The number of hydrogen-bond donors (Lipinski definition) is 3. The fourth-order valence-electron chi connectivity index (χ4n) is 1.98. The zero-order chi connectivity index (χ0) is 16.4. The molecular formula is C14H15FN6O2. The predicted molar refractivity (Wildman–Crippen MR) is 82.4 cm³/mol. The second kappa shape index (κ2) is 6.03. The third-order valence-electron chi connectivity index (χ3n) is 3.10. The summed E-state index contributed by atoms with van der Waals surface area (Å²) in [7, 11) is 0. The van der Waals surface area contributed by atoms with E-state index >= 15 is 0 Å². The molecule has 1 amide bonds. The summed E-state index contributed by atoms with van der Waals surface area (Å²) in [5.74, 6) is 0.449. The van der Waals surface area contributed by atoms with Gasteiger partial charge in [0.25, 0.3) is 5.91 Å². The minimum absolute atomic E-state index is 0.0141. The molecule has 0 radical (unpaired) electrons. The highest BCUT2D eigenvalue weighted by Crippen LogP contribution is 2.30. The topological polar surface area (TPSA) is 101 Å². The standard InChI is InChI=1S/C14H15FN6O2/c1-3-16-14-17-6-8(15)11(21-14)18-10-5-4-9-12(19-10)20-13(22)7(2)23-9/h4-7H,3H2,1-2H3,(H3,16,17,18,19,20,21,22). The third kappa shape index (κ3) is 3.12. The molecule has 1 aliphatic rings. The number of amides is 1. The number of pyridine rings is 1. The number of aromatic nitrogens is 3. The van der Waals surface area contributed by atoms with E-state index in [2.05, 4.69) is 30.9 Å². The van der Waals surface area contributed by atoms with Gasteiger partial charge in [0, 0.05) is 6.54 Å². The van der Waals surface area contributed by atoms with E-state index in [0.717, 1.165) is 6.20 Å². The molecule has 1 aliphatic heterocycles. The first-order valence-corrected chi connectivity index (χ1v) is 7.09. The fourth-order valence-corrected chi connectivity index (χ4v) is 1.98. The van der Waals surface area contributed by atoms with E-state index in [1.807, 2.05) is 6.92 Å². The highest BCUT2D eigenvalue weighted by atomic mass is 19.1. The Morgan fingerprint density at radius 1 is 1.39 bits per heavy atom. The number of carbonyl (C=O) groups excluding carboxylic acids is 1. The fraction of sp³-hybridized carbons (Fsp3) is 0.286. The molecule has 1 atom stereocenters. The van der Waals surface area contributed by atoms with Crippen molar-refractivity contribution in [2.24, 2.45) is 0 Å². The highest BCUT2D eigenvalue weighted by molar-refractivity contribution is 5.96.